The molecule has 0 spiro atoms. The summed E-state index contributed by atoms with van der Waals surface area (Å²) >= 11 is 0. The van der Waals surface area contributed by atoms with Gasteiger partial charge in [0.15, 0.2) is 0 Å². The lowest BCUT2D eigenvalue weighted by Crippen LogP contribution is -2.17. The van der Waals surface area contributed by atoms with Crippen molar-refractivity contribution in [3.8, 4) is 0 Å². The van der Waals surface area contributed by atoms with Gasteiger partial charge in [0.1, 0.15) is 23.3 Å². The molecule has 1 aliphatic rings. The summed E-state index contributed by atoms with van der Waals surface area (Å²) in [5.74, 6) is 0.0593. The first kappa shape index (κ1) is 13.9. The van der Waals surface area contributed by atoms with Gasteiger partial charge in [-0.15, -0.1) is 0 Å². The smallest absolute Gasteiger partial charge is 0.135 e. The van der Waals surface area contributed by atoms with Gasteiger partial charge in [0.05, 0.1) is 18.9 Å². The van der Waals surface area contributed by atoms with Crippen LogP contribution in [0.4, 0.5) is 14.6 Å². The van der Waals surface area contributed by atoms with E-state index in [1.165, 1.54) is 12.1 Å². The molecule has 2 aromatic rings. The fourth-order valence-electron chi connectivity index (χ4n) is 2.40. The van der Waals surface area contributed by atoms with E-state index >= 15 is 0 Å². The average molecular weight is 291 g/mol. The molecular formula is C15H15F2N3O. The maximum atomic E-state index is 13.7. The molecule has 6 heteroatoms. The molecule has 0 saturated heterocycles. The fraction of sp³-hybridized carbons (Fsp3) is 0.333. The predicted molar refractivity (Wildman–Crippen MR) is 74.1 cm³/mol. The highest BCUT2D eigenvalue weighted by Crippen LogP contribution is 2.23. The molecule has 4 nitrogen and oxygen atoms in total. The highest BCUT2D eigenvalue weighted by Gasteiger charge is 2.18. The maximum absolute atomic E-state index is 13.7. The molecule has 0 atom stereocenters. The molecule has 21 heavy (non-hydrogen) atoms. The minimum Gasteiger partial charge on any atom is -0.376 e. The van der Waals surface area contributed by atoms with Crippen LogP contribution in [0.2, 0.25) is 0 Å². The number of hydrogen-bond acceptors (Lipinski definition) is 4. The van der Waals surface area contributed by atoms with Crippen molar-refractivity contribution in [1.29, 1.82) is 0 Å². The lowest BCUT2D eigenvalue weighted by Gasteiger charge is -2.19. The molecule has 110 valence electrons. The molecule has 1 aromatic heterocycles. The quantitative estimate of drug-likeness (QED) is 0.943. The Morgan fingerprint density at radius 3 is 2.90 bits per heavy atom. The van der Waals surface area contributed by atoms with Crippen LogP contribution in [-0.2, 0) is 24.2 Å². The molecule has 0 saturated carbocycles. The van der Waals surface area contributed by atoms with Crippen molar-refractivity contribution in [2.24, 2.45) is 0 Å². The van der Waals surface area contributed by atoms with Crippen molar-refractivity contribution >= 4 is 5.82 Å². The number of ether oxygens (including phenoxy) is 1. The molecule has 1 N–H and O–H groups in total. The summed E-state index contributed by atoms with van der Waals surface area (Å²) < 4.78 is 32.1. The number of nitrogens with one attached hydrogen (secondary N) is 1. The van der Waals surface area contributed by atoms with Crippen LogP contribution >= 0.6 is 0 Å². The summed E-state index contributed by atoms with van der Waals surface area (Å²) in [6, 6.07) is 3.54. The Bertz CT molecular complexity index is 659. The van der Waals surface area contributed by atoms with Gasteiger partial charge in [-0.2, -0.15) is 0 Å². The second kappa shape index (κ2) is 5.73. The minimum absolute atomic E-state index is 0.231. The van der Waals surface area contributed by atoms with Crippen molar-refractivity contribution in [3.63, 3.8) is 0 Å². The van der Waals surface area contributed by atoms with Crippen LogP contribution in [0.1, 0.15) is 22.6 Å². The minimum atomic E-state index is -0.587. The van der Waals surface area contributed by atoms with E-state index in [0.717, 1.165) is 17.3 Å². The van der Waals surface area contributed by atoms with Gasteiger partial charge in [0.2, 0.25) is 0 Å². The molecule has 0 aliphatic carbocycles. The Hall–Kier alpha value is -2.08. The van der Waals surface area contributed by atoms with Crippen LogP contribution in [-0.4, -0.2) is 23.6 Å². The first-order valence-electron chi connectivity index (χ1n) is 6.75. The van der Waals surface area contributed by atoms with E-state index in [1.54, 1.807) is 7.05 Å². The number of anilines is 1. The van der Waals surface area contributed by atoms with Crippen LogP contribution in [0, 0.1) is 11.6 Å². The van der Waals surface area contributed by atoms with E-state index in [4.69, 9.17) is 4.74 Å². The van der Waals surface area contributed by atoms with Crippen molar-refractivity contribution in [3.05, 3.63) is 52.5 Å². The Labute approximate surface area is 121 Å². The van der Waals surface area contributed by atoms with E-state index < -0.39 is 11.6 Å². The summed E-state index contributed by atoms with van der Waals surface area (Å²) in [5, 5.41) is 3.02. The highest BCUT2D eigenvalue weighted by atomic mass is 19.1. The Morgan fingerprint density at radius 1 is 1.29 bits per heavy atom. The third kappa shape index (κ3) is 2.85. The molecule has 0 radical (unpaired) electrons. The van der Waals surface area contributed by atoms with Crippen molar-refractivity contribution in [2.75, 3.05) is 19.0 Å². The molecule has 0 fully saturated rings. The van der Waals surface area contributed by atoms with Gasteiger partial charge in [-0.25, -0.2) is 18.7 Å². The fourth-order valence-corrected chi connectivity index (χ4v) is 2.40. The van der Waals surface area contributed by atoms with Crippen molar-refractivity contribution in [1.82, 2.24) is 9.97 Å². The summed E-state index contributed by atoms with van der Waals surface area (Å²) in [5.41, 5.74) is 2.26. The molecule has 1 aromatic carbocycles. The molecule has 1 aliphatic heterocycles. The largest absolute Gasteiger partial charge is 0.376 e. The van der Waals surface area contributed by atoms with Crippen LogP contribution in [0.15, 0.2) is 18.2 Å². The van der Waals surface area contributed by atoms with Gasteiger partial charge in [-0.3, -0.25) is 0 Å². The summed E-state index contributed by atoms with van der Waals surface area (Å²) in [6.45, 7) is 1.11. The number of hydrogen-bond donors (Lipinski definition) is 1. The van der Waals surface area contributed by atoms with Gasteiger partial charge in [-0.05, 0) is 11.6 Å². The number of fused-ring (bicyclic) bond motifs is 1. The van der Waals surface area contributed by atoms with E-state index in [9.17, 15) is 8.78 Å². The molecule has 3 rings (SSSR count). The van der Waals surface area contributed by atoms with Crippen molar-refractivity contribution < 1.29 is 13.5 Å². The monoisotopic (exact) mass is 291 g/mol. The molecule has 0 amide bonds. The second-order valence-corrected chi connectivity index (χ2v) is 4.88. The maximum Gasteiger partial charge on any atom is 0.135 e. The second-order valence-electron chi connectivity index (χ2n) is 4.88. The summed E-state index contributed by atoms with van der Waals surface area (Å²) in [7, 11) is 1.78. The predicted octanol–water partition coefficient (Wildman–Crippen LogP) is 2.46. The Kier molecular flexibility index (Phi) is 3.79. The lowest BCUT2D eigenvalue weighted by atomic mass is 10.1. The number of rotatable bonds is 3. The number of nitrogens with zero attached hydrogens (tertiary/aromatic N) is 2. The summed E-state index contributed by atoms with van der Waals surface area (Å²) in [6.07, 6.45) is 0.945. The molecule has 0 unspecified atom stereocenters. The molecular weight excluding hydrogens is 276 g/mol. The average Bonchev–Trinajstić information content (AvgIpc) is 2.49. The van der Waals surface area contributed by atoms with Gasteiger partial charge >= 0.3 is 0 Å². The van der Waals surface area contributed by atoms with Crippen molar-refractivity contribution in [2.45, 2.75) is 19.4 Å². The Balaban J connectivity index is 1.95. The SMILES string of the molecule is CNc1nc(Cc2ccc(F)cc2F)nc2c1COCC2. The first-order valence-corrected chi connectivity index (χ1v) is 6.75. The van der Waals surface area contributed by atoms with E-state index in [0.29, 0.717) is 36.8 Å². The molecule has 2 heterocycles. The van der Waals surface area contributed by atoms with E-state index in [1.807, 2.05) is 0 Å². The third-order valence-corrected chi connectivity index (χ3v) is 3.47. The lowest BCUT2D eigenvalue weighted by molar-refractivity contribution is 0.109. The zero-order valence-corrected chi connectivity index (χ0v) is 11.6. The van der Waals surface area contributed by atoms with E-state index in [-0.39, 0.29) is 6.42 Å². The topological polar surface area (TPSA) is 47.0 Å². The van der Waals surface area contributed by atoms with Gasteiger partial charge in [0, 0.05) is 31.5 Å². The zero-order chi connectivity index (χ0) is 14.8. The van der Waals surface area contributed by atoms with Gasteiger partial charge in [-0.1, -0.05) is 6.07 Å². The summed E-state index contributed by atoms with van der Waals surface area (Å²) in [4.78, 5) is 8.89. The number of halogens is 2. The Morgan fingerprint density at radius 2 is 2.14 bits per heavy atom. The van der Waals surface area contributed by atoms with Crippen LogP contribution in [0.25, 0.3) is 0 Å². The van der Waals surface area contributed by atoms with Crippen LogP contribution in [0.3, 0.4) is 0 Å². The van der Waals surface area contributed by atoms with E-state index in [2.05, 4.69) is 15.3 Å². The normalized spacial score (nSPS) is 13.9. The third-order valence-electron chi connectivity index (χ3n) is 3.47. The number of aromatic nitrogens is 2. The highest BCUT2D eigenvalue weighted by molar-refractivity contribution is 5.47. The van der Waals surface area contributed by atoms with Crippen LogP contribution < -0.4 is 5.32 Å². The van der Waals surface area contributed by atoms with Crippen LogP contribution in [0.5, 0.6) is 0 Å². The number of benzene rings is 1. The molecule has 0 bridgehead atoms. The zero-order valence-electron chi connectivity index (χ0n) is 11.6. The standard InChI is InChI=1S/C15H15F2N3O/c1-18-15-11-8-21-5-4-13(11)19-14(20-15)6-9-2-3-10(16)7-12(9)17/h2-3,7H,4-6,8H2,1H3,(H,18,19,20). The first-order chi connectivity index (χ1) is 10.2. The van der Waals surface area contributed by atoms with Gasteiger partial charge < -0.3 is 10.1 Å². The van der Waals surface area contributed by atoms with Gasteiger partial charge in [0.25, 0.3) is 0 Å².